The van der Waals surface area contributed by atoms with E-state index in [4.69, 9.17) is 10.5 Å². The van der Waals surface area contributed by atoms with E-state index in [2.05, 4.69) is 15.5 Å². The van der Waals surface area contributed by atoms with Crippen LogP contribution in [0.5, 0.6) is 0 Å². The number of aryl methyl sites for hydroxylation is 1. The lowest BCUT2D eigenvalue weighted by molar-refractivity contribution is 0.0900. The van der Waals surface area contributed by atoms with Gasteiger partial charge in [0.05, 0.1) is 24.4 Å². The van der Waals surface area contributed by atoms with Crippen molar-refractivity contribution in [2.75, 3.05) is 20.3 Å². The van der Waals surface area contributed by atoms with Crippen LogP contribution < -0.4 is 11.1 Å². The van der Waals surface area contributed by atoms with E-state index in [1.165, 1.54) is 6.20 Å². The molecular formula is C9H16N4O2. The summed E-state index contributed by atoms with van der Waals surface area (Å²) in [6.07, 6.45) is 1.49. The number of aromatic amines is 1. The molecule has 1 unspecified atom stereocenters. The van der Waals surface area contributed by atoms with Gasteiger partial charge in [-0.05, 0) is 6.92 Å². The van der Waals surface area contributed by atoms with Crippen LogP contribution in [0.15, 0.2) is 6.20 Å². The number of hydrogen-bond donors (Lipinski definition) is 3. The van der Waals surface area contributed by atoms with Crippen LogP contribution in [-0.4, -0.2) is 42.4 Å². The number of nitrogens with one attached hydrogen (secondary N) is 2. The van der Waals surface area contributed by atoms with Crippen molar-refractivity contribution in [3.8, 4) is 0 Å². The summed E-state index contributed by atoms with van der Waals surface area (Å²) in [5.74, 6) is -0.186. The SMILES string of the molecule is COCC(CN)NC(=O)c1cn[nH]c1C. The van der Waals surface area contributed by atoms with E-state index in [0.29, 0.717) is 18.7 Å². The normalized spacial score (nSPS) is 12.5. The topological polar surface area (TPSA) is 93.0 Å². The van der Waals surface area contributed by atoms with Gasteiger partial charge in [0.15, 0.2) is 0 Å². The number of ether oxygens (including phenoxy) is 1. The maximum absolute atomic E-state index is 11.7. The summed E-state index contributed by atoms with van der Waals surface area (Å²) in [4.78, 5) is 11.7. The molecule has 4 N–H and O–H groups in total. The first kappa shape index (κ1) is 11.7. The van der Waals surface area contributed by atoms with Gasteiger partial charge in [-0.3, -0.25) is 9.89 Å². The molecule has 15 heavy (non-hydrogen) atoms. The Kier molecular flexibility index (Phi) is 4.26. The third-order valence-corrected chi connectivity index (χ3v) is 2.06. The number of aromatic nitrogens is 2. The molecule has 0 saturated heterocycles. The van der Waals surface area contributed by atoms with Crippen LogP contribution in [0, 0.1) is 6.92 Å². The molecule has 0 fully saturated rings. The zero-order valence-electron chi connectivity index (χ0n) is 8.91. The lowest BCUT2D eigenvalue weighted by Crippen LogP contribution is -2.43. The zero-order chi connectivity index (χ0) is 11.3. The van der Waals surface area contributed by atoms with Gasteiger partial charge in [-0.25, -0.2) is 0 Å². The molecule has 6 nitrogen and oxygen atoms in total. The Morgan fingerprint density at radius 3 is 3.00 bits per heavy atom. The molecule has 1 amide bonds. The molecule has 1 heterocycles. The second-order valence-corrected chi connectivity index (χ2v) is 3.27. The lowest BCUT2D eigenvalue weighted by Gasteiger charge is -2.15. The first-order valence-corrected chi connectivity index (χ1v) is 4.68. The standard InChI is InChI=1S/C9H16N4O2/c1-6-8(4-11-13-6)9(14)12-7(3-10)5-15-2/h4,7H,3,5,10H2,1-2H3,(H,11,13)(H,12,14). The molecule has 0 aliphatic rings. The Morgan fingerprint density at radius 1 is 1.80 bits per heavy atom. The van der Waals surface area contributed by atoms with Crippen LogP contribution in [0.4, 0.5) is 0 Å². The number of nitrogens with two attached hydrogens (primary N) is 1. The zero-order valence-corrected chi connectivity index (χ0v) is 8.91. The molecular weight excluding hydrogens is 196 g/mol. The molecule has 0 aliphatic heterocycles. The average molecular weight is 212 g/mol. The molecule has 0 bridgehead atoms. The molecule has 0 aliphatic carbocycles. The molecule has 1 rings (SSSR count). The van der Waals surface area contributed by atoms with Gasteiger partial charge in [0.25, 0.3) is 5.91 Å². The number of amides is 1. The highest BCUT2D eigenvalue weighted by Gasteiger charge is 2.14. The van der Waals surface area contributed by atoms with Crippen LogP contribution >= 0.6 is 0 Å². The van der Waals surface area contributed by atoms with Gasteiger partial charge in [0.2, 0.25) is 0 Å². The van der Waals surface area contributed by atoms with E-state index >= 15 is 0 Å². The predicted octanol–water partition coefficient (Wildman–Crippen LogP) is -0.578. The van der Waals surface area contributed by atoms with Gasteiger partial charge in [-0.15, -0.1) is 0 Å². The number of rotatable bonds is 5. The van der Waals surface area contributed by atoms with E-state index in [1.54, 1.807) is 14.0 Å². The van der Waals surface area contributed by atoms with Crippen molar-refractivity contribution >= 4 is 5.91 Å². The number of H-pyrrole nitrogens is 1. The van der Waals surface area contributed by atoms with Crippen LogP contribution in [0.1, 0.15) is 16.1 Å². The minimum Gasteiger partial charge on any atom is -0.383 e. The van der Waals surface area contributed by atoms with Crippen LogP contribution in [0.2, 0.25) is 0 Å². The fourth-order valence-corrected chi connectivity index (χ4v) is 1.21. The summed E-state index contributed by atoms with van der Waals surface area (Å²) in [6, 6.07) is -0.170. The predicted molar refractivity (Wildman–Crippen MR) is 55.5 cm³/mol. The van der Waals surface area contributed by atoms with Crippen molar-refractivity contribution in [3.63, 3.8) is 0 Å². The highest BCUT2D eigenvalue weighted by molar-refractivity contribution is 5.95. The molecule has 6 heteroatoms. The van der Waals surface area contributed by atoms with Crippen LogP contribution in [0.25, 0.3) is 0 Å². The summed E-state index contributed by atoms with van der Waals surface area (Å²) in [7, 11) is 1.57. The minimum absolute atomic E-state index is 0.170. The quantitative estimate of drug-likeness (QED) is 0.609. The molecule has 0 spiro atoms. The fourth-order valence-electron chi connectivity index (χ4n) is 1.21. The van der Waals surface area contributed by atoms with E-state index < -0.39 is 0 Å². The van der Waals surface area contributed by atoms with Crippen molar-refractivity contribution in [2.24, 2.45) is 5.73 Å². The number of carbonyl (C=O) groups is 1. The molecule has 0 radical (unpaired) electrons. The summed E-state index contributed by atoms with van der Waals surface area (Å²) < 4.78 is 4.93. The Hall–Kier alpha value is -1.40. The second-order valence-electron chi connectivity index (χ2n) is 3.27. The maximum atomic E-state index is 11.7. The highest BCUT2D eigenvalue weighted by Crippen LogP contribution is 2.02. The van der Waals surface area contributed by atoms with Gasteiger partial charge in [-0.2, -0.15) is 5.10 Å². The van der Waals surface area contributed by atoms with Gasteiger partial charge >= 0.3 is 0 Å². The van der Waals surface area contributed by atoms with E-state index in [9.17, 15) is 4.79 Å². The third-order valence-electron chi connectivity index (χ3n) is 2.06. The molecule has 1 aromatic heterocycles. The molecule has 1 aromatic rings. The largest absolute Gasteiger partial charge is 0.383 e. The molecule has 84 valence electrons. The van der Waals surface area contributed by atoms with Crippen LogP contribution in [-0.2, 0) is 4.74 Å². The first-order chi connectivity index (χ1) is 7.19. The summed E-state index contributed by atoms with van der Waals surface area (Å²) in [5, 5.41) is 9.23. The Morgan fingerprint density at radius 2 is 2.53 bits per heavy atom. The summed E-state index contributed by atoms with van der Waals surface area (Å²) in [6.45, 7) is 2.53. The van der Waals surface area contributed by atoms with Gasteiger partial charge in [0.1, 0.15) is 0 Å². The molecule has 0 saturated carbocycles. The summed E-state index contributed by atoms with van der Waals surface area (Å²) in [5.41, 5.74) is 6.75. The van der Waals surface area contributed by atoms with Gasteiger partial charge in [0, 0.05) is 19.3 Å². The number of nitrogens with zero attached hydrogens (tertiary/aromatic N) is 1. The number of carbonyl (C=O) groups excluding carboxylic acids is 1. The van der Waals surface area contributed by atoms with Crippen LogP contribution in [0.3, 0.4) is 0 Å². The van der Waals surface area contributed by atoms with Crippen molar-refractivity contribution in [2.45, 2.75) is 13.0 Å². The Bertz CT molecular complexity index is 324. The van der Waals surface area contributed by atoms with Crippen molar-refractivity contribution < 1.29 is 9.53 Å². The van der Waals surface area contributed by atoms with E-state index in [1.807, 2.05) is 0 Å². The molecule has 1 atom stereocenters. The van der Waals surface area contributed by atoms with Crippen molar-refractivity contribution in [3.05, 3.63) is 17.5 Å². The van der Waals surface area contributed by atoms with E-state index in [-0.39, 0.29) is 11.9 Å². The highest BCUT2D eigenvalue weighted by atomic mass is 16.5. The minimum atomic E-state index is -0.186. The summed E-state index contributed by atoms with van der Waals surface area (Å²) >= 11 is 0. The first-order valence-electron chi connectivity index (χ1n) is 4.68. The average Bonchev–Trinajstić information content (AvgIpc) is 2.63. The van der Waals surface area contributed by atoms with Crippen molar-refractivity contribution in [1.29, 1.82) is 0 Å². The van der Waals surface area contributed by atoms with Gasteiger partial charge < -0.3 is 15.8 Å². The van der Waals surface area contributed by atoms with Gasteiger partial charge in [-0.1, -0.05) is 0 Å². The lowest BCUT2D eigenvalue weighted by atomic mass is 10.2. The van der Waals surface area contributed by atoms with Crippen molar-refractivity contribution in [1.82, 2.24) is 15.5 Å². The van der Waals surface area contributed by atoms with E-state index in [0.717, 1.165) is 5.69 Å². The fraction of sp³-hybridized carbons (Fsp3) is 0.556. The Balaban J connectivity index is 2.58. The molecule has 0 aromatic carbocycles. The monoisotopic (exact) mass is 212 g/mol. The second kappa shape index (κ2) is 5.47. The third kappa shape index (κ3) is 3.03. The number of hydrogen-bond acceptors (Lipinski definition) is 4. The maximum Gasteiger partial charge on any atom is 0.255 e. The number of methoxy groups -OCH3 is 1. The Labute approximate surface area is 88.2 Å². The smallest absolute Gasteiger partial charge is 0.255 e.